The average Bonchev–Trinajstić information content (AvgIpc) is 2.73. The van der Waals surface area contributed by atoms with Gasteiger partial charge in [0.1, 0.15) is 19.5 Å². The molecule has 0 aromatic heterocycles. The summed E-state index contributed by atoms with van der Waals surface area (Å²) >= 11 is 0. The number of ether oxygens (including phenoxy) is 2. The Morgan fingerprint density at radius 2 is 2.38 bits per heavy atom. The third kappa shape index (κ3) is 2.66. The van der Waals surface area contributed by atoms with Crippen molar-refractivity contribution in [2.24, 2.45) is 5.92 Å². The van der Waals surface area contributed by atoms with Crippen LogP contribution in [-0.4, -0.2) is 36.9 Å². The first-order valence-electron chi connectivity index (χ1n) is 5.68. The number of hydrogen-bond donors (Lipinski definition) is 2. The first-order valence-corrected chi connectivity index (χ1v) is 5.68. The number of hydrogen-bond acceptors (Lipinski definition) is 4. The van der Waals surface area contributed by atoms with E-state index in [0.29, 0.717) is 19.8 Å². The largest absolute Gasteiger partial charge is 0.494 e. The van der Waals surface area contributed by atoms with Crippen molar-refractivity contribution >= 4 is 5.91 Å². The zero-order valence-electron chi connectivity index (χ0n) is 9.15. The maximum Gasteiger partial charge on any atom is 0.289 e. The van der Waals surface area contributed by atoms with Crippen molar-refractivity contribution in [3.63, 3.8) is 0 Å². The second-order valence-electron chi connectivity index (χ2n) is 4.17. The van der Waals surface area contributed by atoms with Gasteiger partial charge in [-0.3, -0.25) is 4.79 Å². The van der Waals surface area contributed by atoms with Gasteiger partial charge in [-0.05, 0) is 12.8 Å². The Bertz CT molecular complexity index is 290. The lowest BCUT2D eigenvalue weighted by molar-refractivity contribution is -0.122. The molecule has 0 saturated heterocycles. The highest BCUT2D eigenvalue weighted by molar-refractivity contribution is 5.91. The summed E-state index contributed by atoms with van der Waals surface area (Å²) in [6, 6.07) is 0. The molecule has 0 spiro atoms. The van der Waals surface area contributed by atoms with Crippen molar-refractivity contribution in [3.8, 4) is 0 Å². The number of carbonyl (C=O) groups excluding carboxylic acids is 1. The van der Waals surface area contributed by atoms with E-state index in [1.54, 1.807) is 0 Å². The van der Waals surface area contributed by atoms with Crippen LogP contribution in [0, 0.1) is 5.92 Å². The summed E-state index contributed by atoms with van der Waals surface area (Å²) in [5.74, 6) is 0.131. The minimum atomic E-state index is -0.280. The fraction of sp³-hybridized carbons (Fsp3) is 0.727. The van der Waals surface area contributed by atoms with E-state index in [1.807, 2.05) is 0 Å². The zero-order chi connectivity index (χ0) is 11.4. The van der Waals surface area contributed by atoms with Crippen LogP contribution in [0.4, 0.5) is 0 Å². The summed E-state index contributed by atoms with van der Waals surface area (Å²) in [5.41, 5.74) is 0. The summed E-state index contributed by atoms with van der Waals surface area (Å²) in [5, 5.41) is 12.3. The molecule has 1 amide bonds. The second-order valence-corrected chi connectivity index (χ2v) is 4.17. The molecule has 2 rings (SSSR count). The molecule has 5 heteroatoms. The number of carbonyl (C=O) groups is 1. The van der Waals surface area contributed by atoms with Gasteiger partial charge >= 0.3 is 0 Å². The lowest BCUT2D eigenvalue weighted by Crippen LogP contribution is -2.34. The minimum absolute atomic E-state index is 0.175. The number of nitrogens with one attached hydrogen (secondary N) is 1. The van der Waals surface area contributed by atoms with Crippen LogP contribution in [-0.2, 0) is 14.3 Å². The van der Waals surface area contributed by atoms with Crippen molar-refractivity contribution in [2.45, 2.75) is 25.4 Å². The van der Waals surface area contributed by atoms with Crippen molar-refractivity contribution in [1.29, 1.82) is 0 Å². The fourth-order valence-electron chi connectivity index (χ4n) is 2.05. The van der Waals surface area contributed by atoms with Gasteiger partial charge < -0.3 is 19.9 Å². The molecule has 2 atom stereocenters. The van der Waals surface area contributed by atoms with E-state index in [9.17, 15) is 9.90 Å². The lowest BCUT2D eigenvalue weighted by atomic mass is 10.1. The van der Waals surface area contributed by atoms with Crippen LogP contribution in [0.1, 0.15) is 19.3 Å². The van der Waals surface area contributed by atoms with E-state index < -0.39 is 0 Å². The van der Waals surface area contributed by atoms with E-state index in [0.717, 1.165) is 19.3 Å². The van der Waals surface area contributed by atoms with Crippen molar-refractivity contribution in [3.05, 3.63) is 12.0 Å². The van der Waals surface area contributed by atoms with E-state index in [2.05, 4.69) is 5.32 Å². The normalized spacial score (nSPS) is 28.9. The molecule has 1 fully saturated rings. The molecule has 2 aliphatic rings. The van der Waals surface area contributed by atoms with Crippen molar-refractivity contribution < 1.29 is 19.4 Å². The standard InChI is InChI=1S/C11H17NO4/c13-9-3-1-2-8(9)6-12-11(14)10-7-15-4-5-16-10/h7-9,13H,1-6H2,(H,12,14). The number of amides is 1. The summed E-state index contributed by atoms with van der Waals surface area (Å²) in [4.78, 5) is 11.6. The number of aliphatic hydroxyl groups is 1. The Hall–Kier alpha value is -1.23. The molecule has 16 heavy (non-hydrogen) atoms. The Labute approximate surface area is 94.4 Å². The second kappa shape index (κ2) is 5.21. The fourth-order valence-corrected chi connectivity index (χ4v) is 2.05. The van der Waals surface area contributed by atoms with Gasteiger partial charge in [0.25, 0.3) is 5.91 Å². The molecule has 90 valence electrons. The lowest BCUT2D eigenvalue weighted by Gasteiger charge is -2.18. The molecule has 5 nitrogen and oxygen atoms in total. The molecular weight excluding hydrogens is 210 g/mol. The molecule has 0 aromatic rings. The van der Waals surface area contributed by atoms with Crippen LogP contribution in [0.2, 0.25) is 0 Å². The predicted molar refractivity (Wildman–Crippen MR) is 56.3 cm³/mol. The number of aliphatic hydroxyl groups excluding tert-OH is 1. The monoisotopic (exact) mass is 227 g/mol. The highest BCUT2D eigenvalue weighted by Gasteiger charge is 2.26. The zero-order valence-corrected chi connectivity index (χ0v) is 9.15. The Balaban J connectivity index is 1.76. The topological polar surface area (TPSA) is 67.8 Å². The van der Waals surface area contributed by atoms with Crippen LogP contribution in [0.5, 0.6) is 0 Å². The third-order valence-electron chi connectivity index (χ3n) is 3.02. The minimum Gasteiger partial charge on any atom is -0.494 e. The van der Waals surface area contributed by atoms with E-state index >= 15 is 0 Å². The Kier molecular flexibility index (Phi) is 3.66. The maximum atomic E-state index is 11.6. The van der Waals surface area contributed by atoms with Crippen LogP contribution in [0.25, 0.3) is 0 Å². The van der Waals surface area contributed by atoms with E-state index in [1.165, 1.54) is 6.26 Å². The first-order chi connectivity index (χ1) is 7.77. The number of rotatable bonds is 3. The molecule has 1 saturated carbocycles. The van der Waals surface area contributed by atoms with Crippen molar-refractivity contribution in [2.75, 3.05) is 19.8 Å². The van der Waals surface area contributed by atoms with Gasteiger partial charge in [-0.25, -0.2) is 0 Å². The summed E-state index contributed by atoms with van der Waals surface area (Å²) < 4.78 is 10.1. The van der Waals surface area contributed by atoms with Gasteiger partial charge in [0.15, 0.2) is 0 Å². The molecule has 1 heterocycles. The summed E-state index contributed by atoms with van der Waals surface area (Å²) in [7, 11) is 0. The van der Waals surface area contributed by atoms with Gasteiger partial charge in [-0.15, -0.1) is 0 Å². The molecule has 0 radical (unpaired) electrons. The molecule has 1 aliphatic heterocycles. The third-order valence-corrected chi connectivity index (χ3v) is 3.02. The summed E-state index contributed by atoms with van der Waals surface area (Å²) in [6.07, 6.45) is 3.90. The SMILES string of the molecule is O=C(NCC1CCCC1O)C1=COCCO1. The van der Waals surface area contributed by atoms with E-state index in [-0.39, 0.29) is 23.7 Å². The van der Waals surface area contributed by atoms with Gasteiger partial charge in [0, 0.05) is 12.5 Å². The first kappa shape index (κ1) is 11.3. The molecular formula is C11H17NO4. The average molecular weight is 227 g/mol. The Morgan fingerprint density at radius 3 is 3.00 bits per heavy atom. The van der Waals surface area contributed by atoms with E-state index in [4.69, 9.17) is 9.47 Å². The molecule has 2 unspecified atom stereocenters. The quantitative estimate of drug-likeness (QED) is 0.720. The van der Waals surface area contributed by atoms with Gasteiger partial charge in [0.2, 0.25) is 5.76 Å². The maximum absolute atomic E-state index is 11.6. The summed E-state index contributed by atoms with van der Waals surface area (Å²) in [6.45, 7) is 1.39. The van der Waals surface area contributed by atoms with Crippen LogP contribution in [0.3, 0.4) is 0 Å². The van der Waals surface area contributed by atoms with Crippen LogP contribution < -0.4 is 5.32 Å². The van der Waals surface area contributed by atoms with Gasteiger partial charge in [-0.1, -0.05) is 6.42 Å². The van der Waals surface area contributed by atoms with Crippen LogP contribution >= 0.6 is 0 Å². The van der Waals surface area contributed by atoms with Crippen LogP contribution in [0.15, 0.2) is 12.0 Å². The molecule has 0 aromatic carbocycles. The highest BCUT2D eigenvalue weighted by atomic mass is 16.6. The highest BCUT2D eigenvalue weighted by Crippen LogP contribution is 2.24. The van der Waals surface area contributed by atoms with Gasteiger partial charge in [0.05, 0.1) is 6.10 Å². The predicted octanol–water partition coefficient (Wildman–Crippen LogP) is 0.152. The van der Waals surface area contributed by atoms with Crippen molar-refractivity contribution in [1.82, 2.24) is 5.32 Å². The molecule has 1 aliphatic carbocycles. The molecule has 0 bridgehead atoms. The molecule has 2 N–H and O–H groups in total. The Morgan fingerprint density at radius 1 is 1.50 bits per heavy atom. The van der Waals surface area contributed by atoms with Gasteiger partial charge in [-0.2, -0.15) is 0 Å². The smallest absolute Gasteiger partial charge is 0.289 e.